The molecule has 158 valence electrons. The van der Waals surface area contributed by atoms with E-state index in [4.69, 9.17) is 4.74 Å². The fourth-order valence-corrected chi connectivity index (χ4v) is 3.37. The lowest BCUT2D eigenvalue weighted by Crippen LogP contribution is -2.19. The quantitative estimate of drug-likeness (QED) is 0.233. The predicted octanol–water partition coefficient (Wildman–Crippen LogP) is 5.39. The van der Waals surface area contributed by atoms with Crippen molar-refractivity contribution in [1.29, 1.82) is 0 Å². The zero-order valence-electron chi connectivity index (χ0n) is 16.1. The Hall–Kier alpha value is -3.04. The summed E-state index contributed by atoms with van der Waals surface area (Å²) in [6, 6.07) is 19.2. The Kier molecular flexibility index (Phi) is 7.91. The predicted molar refractivity (Wildman–Crippen MR) is 125 cm³/mol. The van der Waals surface area contributed by atoms with Crippen LogP contribution in [0, 0.1) is 10.1 Å². The van der Waals surface area contributed by atoms with Crippen LogP contribution in [0.3, 0.4) is 0 Å². The summed E-state index contributed by atoms with van der Waals surface area (Å²) in [6.45, 7) is 0.442. The minimum atomic E-state index is -0.483. The molecule has 0 spiro atoms. The van der Waals surface area contributed by atoms with Gasteiger partial charge in [-0.3, -0.25) is 14.9 Å². The first-order valence-electron chi connectivity index (χ1n) is 9.13. The summed E-state index contributed by atoms with van der Waals surface area (Å²) >= 11 is 6.89. The first-order valence-corrected chi connectivity index (χ1v) is 10.7. The molecule has 9 heteroatoms. The number of halogens is 2. The van der Waals surface area contributed by atoms with Crippen molar-refractivity contribution in [3.63, 3.8) is 0 Å². The van der Waals surface area contributed by atoms with Gasteiger partial charge in [0.2, 0.25) is 5.91 Å². The number of rotatable bonds is 8. The molecule has 0 fully saturated rings. The topological polar surface area (TPSA) is 93.8 Å². The molecule has 1 N–H and O–H groups in total. The van der Waals surface area contributed by atoms with Crippen LogP contribution < -0.4 is 10.2 Å². The molecule has 1 amide bonds. The number of carbonyl (C=O) groups is 1. The zero-order chi connectivity index (χ0) is 22.2. The average molecular weight is 547 g/mol. The number of amides is 1. The fraction of sp³-hybridized carbons (Fsp3) is 0.0909. The molecule has 0 saturated heterocycles. The summed E-state index contributed by atoms with van der Waals surface area (Å²) in [7, 11) is 0. The zero-order valence-corrected chi connectivity index (χ0v) is 19.3. The first-order chi connectivity index (χ1) is 14.9. The van der Waals surface area contributed by atoms with Crippen LogP contribution in [0.4, 0.5) is 5.69 Å². The van der Waals surface area contributed by atoms with Crippen molar-refractivity contribution in [3.05, 3.63) is 102 Å². The third-order valence-corrected chi connectivity index (χ3v) is 5.33. The highest BCUT2D eigenvalue weighted by molar-refractivity contribution is 9.10. The molecule has 0 atom stereocenters. The van der Waals surface area contributed by atoms with Crippen LogP contribution in [0.5, 0.6) is 5.75 Å². The first kappa shape index (κ1) is 22.6. The van der Waals surface area contributed by atoms with Gasteiger partial charge in [0.15, 0.2) is 0 Å². The lowest BCUT2D eigenvalue weighted by atomic mass is 10.1. The van der Waals surface area contributed by atoms with E-state index in [0.29, 0.717) is 17.9 Å². The van der Waals surface area contributed by atoms with Gasteiger partial charge in [-0.15, -0.1) is 0 Å². The van der Waals surface area contributed by atoms with E-state index in [0.717, 1.165) is 20.1 Å². The molecule has 3 aromatic carbocycles. The Morgan fingerprint density at radius 2 is 1.71 bits per heavy atom. The summed E-state index contributed by atoms with van der Waals surface area (Å²) in [5.41, 5.74) is 4.92. The SMILES string of the molecule is O=C(Cc1ccc([N+](=O)[O-])cc1)N/N=C\c1ccc(OCc2ccc(Br)cc2)c(Br)c1. The maximum atomic E-state index is 12.0. The highest BCUT2D eigenvalue weighted by atomic mass is 79.9. The van der Waals surface area contributed by atoms with Crippen LogP contribution >= 0.6 is 31.9 Å². The van der Waals surface area contributed by atoms with Gasteiger partial charge in [-0.25, -0.2) is 5.43 Å². The highest BCUT2D eigenvalue weighted by Gasteiger charge is 2.07. The Labute approximate surface area is 195 Å². The van der Waals surface area contributed by atoms with Gasteiger partial charge < -0.3 is 4.74 Å². The number of non-ortho nitro benzene ring substituents is 1. The summed E-state index contributed by atoms with van der Waals surface area (Å²) in [4.78, 5) is 22.2. The van der Waals surface area contributed by atoms with Gasteiger partial charge in [0.05, 0.1) is 22.0 Å². The van der Waals surface area contributed by atoms with Gasteiger partial charge in [-0.2, -0.15) is 5.10 Å². The Balaban J connectivity index is 1.51. The van der Waals surface area contributed by atoms with Crippen molar-refractivity contribution in [3.8, 4) is 5.75 Å². The molecule has 3 aromatic rings. The lowest BCUT2D eigenvalue weighted by Gasteiger charge is -2.09. The summed E-state index contributed by atoms with van der Waals surface area (Å²) in [5.74, 6) is 0.376. The number of nitro groups is 1. The second-order valence-electron chi connectivity index (χ2n) is 6.50. The number of benzene rings is 3. The molecule has 0 aliphatic rings. The van der Waals surface area contributed by atoms with Crippen LogP contribution in [-0.4, -0.2) is 17.0 Å². The molecule has 7 nitrogen and oxygen atoms in total. The molecule has 0 unspecified atom stereocenters. The lowest BCUT2D eigenvalue weighted by molar-refractivity contribution is -0.384. The van der Waals surface area contributed by atoms with Gasteiger partial charge in [-0.1, -0.05) is 40.2 Å². The Morgan fingerprint density at radius 3 is 2.35 bits per heavy atom. The average Bonchev–Trinajstić information content (AvgIpc) is 2.74. The smallest absolute Gasteiger partial charge is 0.269 e. The summed E-state index contributed by atoms with van der Waals surface area (Å²) in [6.07, 6.45) is 1.60. The number of ether oxygens (including phenoxy) is 1. The molecular weight excluding hydrogens is 530 g/mol. The van der Waals surface area contributed by atoms with Crippen LogP contribution in [-0.2, 0) is 17.8 Å². The monoisotopic (exact) mass is 545 g/mol. The van der Waals surface area contributed by atoms with Crippen LogP contribution in [0.1, 0.15) is 16.7 Å². The standard InChI is InChI=1S/C22H17Br2N3O4/c23-18-6-1-16(2-7-18)14-31-21-10-5-17(11-20(21)24)13-25-26-22(28)12-15-3-8-19(9-4-15)27(29)30/h1-11,13H,12,14H2,(H,26,28)/b25-13-. The van der Waals surface area contributed by atoms with E-state index >= 15 is 0 Å². The van der Waals surface area contributed by atoms with Crippen molar-refractivity contribution >= 4 is 49.7 Å². The molecule has 0 saturated carbocycles. The van der Waals surface area contributed by atoms with Crippen LogP contribution in [0.25, 0.3) is 0 Å². The van der Waals surface area contributed by atoms with E-state index in [1.54, 1.807) is 12.1 Å². The molecule has 0 heterocycles. The van der Waals surface area contributed by atoms with E-state index in [1.165, 1.54) is 18.3 Å². The van der Waals surface area contributed by atoms with E-state index in [2.05, 4.69) is 42.4 Å². The number of hydrogen-bond acceptors (Lipinski definition) is 5. The summed E-state index contributed by atoms with van der Waals surface area (Å²) in [5, 5.41) is 14.6. The number of carbonyl (C=O) groups excluding carboxylic acids is 1. The van der Waals surface area contributed by atoms with Crippen molar-refractivity contribution in [2.75, 3.05) is 0 Å². The molecule has 0 radical (unpaired) electrons. The van der Waals surface area contributed by atoms with E-state index in [9.17, 15) is 14.9 Å². The minimum absolute atomic E-state index is 0.0166. The van der Waals surface area contributed by atoms with Crippen molar-refractivity contribution in [1.82, 2.24) is 5.43 Å². The van der Waals surface area contributed by atoms with Gasteiger partial charge in [0.1, 0.15) is 12.4 Å². The molecular formula is C22H17Br2N3O4. The number of hydrazone groups is 1. The van der Waals surface area contributed by atoms with Crippen molar-refractivity contribution < 1.29 is 14.5 Å². The fourth-order valence-electron chi connectivity index (χ4n) is 2.60. The minimum Gasteiger partial charge on any atom is -0.488 e. The summed E-state index contributed by atoms with van der Waals surface area (Å²) < 4.78 is 7.62. The van der Waals surface area contributed by atoms with E-state index in [-0.39, 0.29) is 18.0 Å². The van der Waals surface area contributed by atoms with E-state index < -0.39 is 4.92 Å². The Bertz CT molecular complexity index is 1100. The van der Waals surface area contributed by atoms with Crippen molar-refractivity contribution in [2.24, 2.45) is 5.10 Å². The van der Waals surface area contributed by atoms with Gasteiger partial charge in [0, 0.05) is 16.6 Å². The van der Waals surface area contributed by atoms with Crippen LogP contribution in [0.2, 0.25) is 0 Å². The number of nitrogens with one attached hydrogen (secondary N) is 1. The largest absolute Gasteiger partial charge is 0.488 e. The van der Waals surface area contributed by atoms with Gasteiger partial charge in [0.25, 0.3) is 5.69 Å². The molecule has 0 bridgehead atoms. The maximum absolute atomic E-state index is 12.0. The third-order valence-electron chi connectivity index (χ3n) is 4.18. The number of nitro benzene ring substituents is 1. The molecule has 0 aliphatic heterocycles. The molecule has 0 aliphatic carbocycles. The molecule has 3 rings (SSSR count). The second kappa shape index (κ2) is 10.8. The third kappa shape index (κ3) is 7.01. The molecule has 31 heavy (non-hydrogen) atoms. The number of nitrogens with zero attached hydrogens (tertiary/aromatic N) is 2. The Morgan fingerprint density at radius 1 is 1.03 bits per heavy atom. The maximum Gasteiger partial charge on any atom is 0.269 e. The normalized spacial score (nSPS) is 10.8. The van der Waals surface area contributed by atoms with Crippen molar-refractivity contribution in [2.45, 2.75) is 13.0 Å². The van der Waals surface area contributed by atoms with Crippen LogP contribution in [0.15, 0.2) is 80.8 Å². The second-order valence-corrected chi connectivity index (χ2v) is 8.27. The number of hydrogen-bond donors (Lipinski definition) is 1. The highest BCUT2D eigenvalue weighted by Crippen LogP contribution is 2.26. The van der Waals surface area contributed by atoms with Gasteiger partial charge >= 0.3 is 0 Å². The molecule has 0 aromatic heterocycles. The van der Waals surface area contributed by atoms with Gasteiger partial charge in [-0.05, 0) is 63.0 Å². The van der Waals surface area contributed by atoms with E-state index in [1.807, 2.05) is 42.5 Å².